The van der Waals surface area contributed by atoms with Gasteiger partial charge in [0.15, 0.2) is 11.0 Å². The Balaban J connectivity index is 1.64. The minimum Gasteiger partial charge on any atom is -0.467 e. The zero-order valence-electron chi connectivity index (χ0n) is 15.3. The Morgan fingerprint density at radius 3 is 2.59 bits per heavy atom. The zero-order valence-corrected chi connectivity index (χ0v) is 16.1. The summed E-state index contributed by atoms with van der Waals surface area (Å²) in [7, 11) is 0. The highest BCUT2D eigenvalue weighted by atomic mass is 32.2. The molecule has 0 atom stereocenters. The number of pyridine rings is 1. The second kappa shape index (κ2) is 7.80. The Labute approximate surface area is 162 Å². The number of hydrogen-bond acceptors (Lipinski definition) is 5. The molecule has 0 spiro atoms. The summed E-state index contributed by atoms with van der Waals surface area (Å²) in [5.41, 5.74) is 4.78. The van der Waals surface area contributed by atoms with Crippen molar-refractivity contribution in [3.8, 4) is 11.4 Å². The quantitative estimate of drug-likeness (QED) is 0.448. The van der Waals surface area contributed by atoms with Crippen molar-refractivity contribution in [2.75, 3.05) is 0 Å². The van der Waals surface area contributed by atoms with Crippen molar-refractivity contribution in [1.82, 2.24) is 19.7 Å². The van der Waals surface area contributed by atoms with Crippen LogP contribution < -0.4 is 0 Å². The second-order valence-electron chi connectivity index (χ2n) is 6.50. The third-order valence-corrected chi connectivity index (χ3v) is 5.22. The first kappa shape index (κ1) is 17.5. The predicted octanol–water partition coefficient (Wildman–Crippen LogP) is 4.89. The maximum Gasteiger partial charge on any atom is 0.192 e. The molecule has 0 fully saturated rings. The van der Waals surface area contributed by atoms with Crippen LogP contribution in [0.15, 0.2) is 70.7 Å². The van der Waals surface area contributed by atoms with Gasteiger partial charge in [-0.3, -0.25) is 9.55 Å². The average Bonchev–Trinajstić information content (AvgIpc) is 3.30. The number of aryl methyl sites for hydroxylation is 2. The molecule has 6 heteroatoms. The lowest BCUT2D eigenvalue weighted by Gasteiger charge is -2.09. The minimum atomic E-state index is 0.583. The Morgan fingerprint density at radius 2 is 1.89 bits per heavy atom. The van der Waals surface area contributed by atoms with Crippen LogP contribution in [0.1, 0.15) is 22.5 Å². The molecule has 0 aliphatic rings. The molecule has 0 amide bonds. The molecule has 5 nitrogen and oxygen atoms in total. The lowest BCUT2D eigenvalue weighted by molar-refractivity contribution is 0.485. The van der Waals surface area contributed by atoms with Gasteiger partial charge in [-0.2, -0.15) is 0 Å². The first-order valence-corrected chi connectivity index (χ1v) is 9.73. The fraction of sp³-hybridized carbons (Fsp3) is 0.190. The standard InChI is InChI=1S/C21H20N4OS/c1-15-9-16(2)11-17(10-15)14-27-21-24-23-20(18-5-3-7-22-12-18)25(21)13-19-6-4-8-26-19/h3-12H,13-14H2,1-2H3. The highest BCUT2D eigenvalue weighted by molar-refractivity contribution is 7.98. The van der Waals surface area contributed by atoms with Gasteiger partial charge in [0.25, 0.3) is 0 Å². The average molecular weight is 376 g/mol. The number of benzene rings is 1. The van der Waals surface area contributed by atoms with Gasteiger partial charge in [-0.25, -0.2) is 0 Å². The van der Waals surface area contributed by atoms with Crippen LogP contribution in [0.5, 0.6) is 0 Å². The molecule has 0 aliphatic carbocycles. The van der Waals surface area contributed by atoms with Crippen LogP contribution in [0, 0.1) is 13.8 Å². The number of aromatic nitrogens is 4. The van der Waals surface area contributed by atoms with Crippen molar-refractivity contribution < 1.29 is 4.42 Å². The zero-order chi connectivity index (χ0) is 18.6. The predicted molar refractivity (Wildman–Crippen MR) is 107 cm³/mol. The van der Waals surface area contributed by atoms with Crippen molar-refractivity contribution in [2.45, 2.75) is 31.3 Å². The fourth-order valence-electron chi connectivity index (χ4n) is 3.11. The van der Waals surface area contributed by atoms with E-state index in [1.165, 1.54) is 16.7 Å². The minimum absolute atomic E-state index is 0.583. The summed E-state index contributed by atoms with van der Waals surface area (Å²) in [6.45, 7) is 4.83. The number of furan rings is 1. The Hall–Kier alpha value is -2.86. The highest BCUT2D eigenvalue weighted by Gasteiger charge is 2.16. The lowest BCUT2D eigenvalue weighted by atomic mass is 10.1. The van der Waals surface area contributed by atoms with Gasteiger partial charge in [0.1, 0.15) is 5.76 Å². The molecule has 4 rings (SSSR count). The van der Waals surface area contributed by atoms with Gasteiger partial charge < -0.3 is 4.42 Å². The molecule has 27 heavy (non-hydrogen) atoms. The number of nitrogens with zero attached hydrogens (tertiary/aromatic N) is 4. The molecular formula is C21H20N4OS. The van der Waals surface area contributed by atoms with Crippen molar-refractivity contribution in [2.24, 2.45) is 0 Å². The second-order valence-corrected chi connectivity index (χ2v) is 7.44. The largest absolute Gasteiger partial charge is 0.467 e. The molecule has 0 saturated carbocycles. The van der Waals surface area contributed by atoms with Crippen molar-refractivity contribution >= 4 is 11.8 Å². The van der Waals surface area contributed by atoms with E-state index in [1.54, 1.807) is 30.4 Å². The van der Waals surface area contributed by atoms with E-state index in [1.807, 2.05) is 24.3 Å². The summed E-state index contributed by atoms with van der Waals surface area (Å²) in [5.74, 6) is 2.50. The van der Waals surface area contributed by atoms with Crippen LogP contribution in [-0.4, -0.2) is 19.7 Å². The molecule has 0 bridgehead atoms. The van der Waals surface area contributed by atoms with Crippen molar-refractivity contribution in [3.05, 3.63) is 83.6 Å². The third kappa shape index (κ3) is 4.11. The topological polar surface area (TPSA) is 56.7 Å². The van der Waals surface area contributed by atoms with Gasteiger partial charge in [-0.05, 0) is 43.7 Å². The molecule has 3 heterocycles. The summed E-state index contributed by atoms with van der Waals surface area (Å²) >= 11 is 1.68. The van der Waals surface area contributed by atoms with Crippen LogP contribution in [0.25, 0.3) is 11.4 Å². The molecule has 3 aromatic heterocycles. The van der Waals surface area contributed by atoms with E-state index in [0.29, 0.717) is 6.54 Å². The van der Waals surface area contributed by atoms with E-state index in [-0.39, 0.29) is 0 Å². The summed E-state index contributed by atoms with van der Waals surface area (Å²) in [4.78, 5) is 4.21. The maximum atomic E-state index is 5.55. The summed E-state index contributed by atoms with van der Waals surface area (Å²) in [5, 5.41) is 9.73. The number of rotatable bonds is 6. The van der Waals surface area contributed by atoms with E-state index in [4.69, 9.17) is 4.42 Å². The van der Waals surface area contributed by atoms with E-state index >= 15 is 0 Å². The lowest BCUT2D eigenvalue weighted by Crippen LogP contribution is -2.03. The van der Waals surface area contributed by atoms with Gasteiger partial charge in [-0.1, -0.05) is 41.1 Å². The molecule has 0 N–H and O–H groups in total. The van der Waals surface area contributed by atoms with E-state index in [0.717, 1.165) is 28.1 Å². The van der Waals surface area contributed by atoms with E-state index in [9.17, 15) is 0 Å². The van der Waals surface area contributed by atoms with E-state index < -0.39 is 0 Å². The maximum absolute atomic E-state index is 5.55. The van der Waals surface area contributed by atoms with Crippen LogP contribution in [0.3, 0.4) is 0 Å². The Kier molecular flexibility index (Phi) is 5.07. The van der Waals surface area contributed by atoms with E-state index in [2.05, 4.69) is 51.8 Å². The molecule has 4 aromatic rings. The molecule has 0 aliphatic heterocycles. The van der Waals surface area contributed by atoms with Gasteiger partial charge in [0.05, 0.1) is 12.8 Å². The third-order valence-electron chi connectivity index (χ3n) is 4.18. The number of thioether (sulfide) groups is 1. The molecule has 0 radical (unpaired) electrons. The summed E-state index contributed by atoms with van der Waals surface area (Å²) in [6.07, 6.45) is 5.25. The summed E-state index contributed by atoms with van der Waals surface area (Å²) < 4.78 is 7.63. The summed E-state index contributed by atoms with van der Waals surface area (Å²) in [6, 6.07) is 14.4. The SMILES string of the molecule is Cc1cc(C)cc(CSc2nnc(-c3cccnc3)n2Cc2ccco2)c1. The molecular weight excluding hydrogens is 356 g/mol. The normalized spacial score (nSPS) is 11.0. The first-order valence-electron chi connectivity index (χ1n) is 8.75. The Morgan fingerprint density at radius 1 is 1.04 bits per heavy atom. The van der Waals surface area contributed by atoms with Crippen LogP contribution in [-0.2, 0) is 12.3 Å². The molecule has 0 unspecified atom stereocenters. The molecule has 1 aromatic carbocycles. The van der Waals surface area contributed by atoms with Gasteiger partial charge in [0.2, 0.25) is 0 Å². The molecule has 0 saturated heterocycles. The Bertz CT molecular complexity index is 1010. The van der Waals surface area contributed by atoms with Crippen LogP contribution in [0.2, 0.25) is 0 Å². The first-order chi connectivity index (χ1) is 13.2. The highest BCUT2D eigenvalue weighted by Crippen LogP contribution is 2.27. The van der Waals surface area contributed by atoms with Crippen molar-refractivity contribution in [3.63, 3.8) is 0 Å². The van der Waals surface area contributed by atoms with Gasteiger partial charge in [-0.15, -0.1) is 10.2 Å². The smallest absolute Gasteiger partial charge is 0.192 e. The van der Waals surface area contributed by atoms with Gasteiger partial charge in [0, 0.05) is 23.7 Å². The van der Waals surface area contributed by atoms with Gasteiger partial charge >= 0.3 is 0 Å². The van der Waals surface area contributed by atoms with Crippen LogP contribution >= 0.6 is 11.8 Å². The monoisotopic (exact) mass is 376 g/mol. The number of hydrogen-bond donors (Lipinski definition) is 0. The fourth-order valence-corrected chi connectivity index (χ4v) is 3.97. The van der Waals surface area contributed by atoms with Crippen LogP contribution in [0.4, 0.5) is 0 Å². The molecule has 136 valence electrons. The van der Waals surface area contributed by atoms with Crippen molar-refractivity contribution in [1.29, 1.82) is 0 Å².